The van der Waals surface area contributed by atoms with Crippen molar-refractivity contribution >= 4 is 0 Å². The summed E-state index contributed by atoms with van der Waals surface area (Å²) in [5, 5.41) is 0. The molecule has 0 atom stereocenters. The molecule has 2 aliphatic rings. The largest absolute Gasteiger partial charge is 0.496 e. The van der Waals surface area contributed by atoms with Crippen LogP contribution < -0.4 is 10.5 Å². The molecule has 2 saturated carbocycles. The van der Waals surface area contributed by atoms with Gasteiger partial charge in [-0.25, -0.2) is 0 Å². The van der Waals surface area contributed by atoms with Gasteiger partial charge in [-0.1, -0.05) is 37.0 Å². The van der Waals surface area contributed by atoms with Crippen molar-refractivity contribution in [2.75, 3.05) is 7.11 Å². The van der Waals surface area contributed by atoms with Gasteiger partial charge >= 0.3 is 0 Å². The first-order valence-electron chi connectivity index (χ1n) is 7.51. The summed E-state index contributed by atoms with van der Waals surface area (Å²) in [5.74, 6) is 0.957. The number of ether oxygens (including phenoxy) is 1. The molecule has 2 N–H and O–H groups in total. The molecule has 2 fully saturated rings. The lowest BCUT2D eigenvalue weighted by atomic mass is 9.50. The van der Waals surface area contributed by atoms with Crippen LogP contribution in [0.15, 0.2) is 18.2 Å². The van der Waals surface area contributed by atoms with Crippen molar-refractivity contribution < 1.29 is 4.74 Å². The van der Waals surface area contributed by atoms with Crippen LogP contribution in [-0.4, -0.2) is 7.11 Å². The van der Waals surface area contributed by atoms with Gasteiger partial charge in [0.25, 0.3) is 0 Å². The predicted octanol–water partition coefficient (Wildman–Crippen LogP) is 3.90. The molecule has 0 unspecified atom stereocenters. The minimum absolute atomic E-state index is 0.158. The minimum atomic E-state index is -0.158. The molecule has 1 aromatic rings. The van der Waals surface area contributed by atoms with E-state index in [2.05, 4.69) is 25.1 Å². The molecule has 0 amide bonds. The van der Waals surface area contributed by atoms with Crippen molar-refractivity contribution in [1.29, 1.82) is 0 Å². The smallest absolute Gasteiger partial charge is 0.123 e. The Morgan fingerprint density at radius 3 is 2.42 bits per heavy atom. The summed E-state index contributed by atoms with van der Waals surface area (Å²) < 4.78 is 5.52. The number of aryl methyl sites for hydroxylation is 1. The highest BCUT2D eigenvalue weighted by atomic mass is 16.5. The lowest BCUT2D eigenvalue weighted by molar-refractivity contribution is -0.0110. The van der Waals surface area contributed by atoms with E-state index in [9.17, 15) is 0 Å². The first kappa shape index (κ1) is 13.0. The quantitative estimate of drug-likeness (QED) is 0.874. The van der Waals surface area contributed by atoms with E-state index in [-0.39, 0.29) is 5.54 Å². The fraction of sp³-hybridized carbons (Fsp3) is 0.647. The molecule has 0 aromatic heterocycles. The van der Waals surface area contributed by atoms with Crippen molar-refractivity contribution in [3.05, 3.63) is 29.3 Å². The third kappa shape index (κ3) is 2.16. The summed E-state index contributed by atoms with van der Waals surface area (Å²) in [6, 6.07) is 6.38. The molecule has 2 nitrogen and oxygen atoms in total. The predicted molar refractivity (Wildman–Crippen MR) is 78.3 cm³/mol. The molecule has 0 saturated heterocycles. The van der Waals surface area contributed by atoms with Gasteiger partial charge < -0.3 is 10.5 Å². The summed E-state index contributed by atoms with van der Waals surface area (Å²) >= 11 is 0. The number of hydrogen-bond donors (Lipinski definition) is 1. The number of rotatable bonds is 2. The van der Waals surface area contributed by atoms with Gasteiger partial charge in [0.1, 0.15) is 5.75 Å². The molecule has 2 aliphatic carbocycles. The van der Waals surface area contributed by atoms with E-state index in [0.717, 1.165) is 18.6 Å². The van der Waals surface area contributed by atoms with Crippen LogP contribution in [0.25, 0.3) is 0 Å². The van der Waals surface area contributed by atoms with E-state index >= 15 is 0 Å². The Kier molecular flexibility index (Phi) is 3.09. The van der Waals surface area contributed by atoms with Gasteiger partial charge in [0.05, 0.1) is 7.11 Å². The molecule has 2 heteroatoms. The second-order valence-electron chi connectivity index (χ2n) is 6.77. The Morgan fingerprint density at radius 1 is 1.11 bits per heavy atom. The highest BCUT2D eigenvalue weighted by Crippen LogP contribution is 2.60. The molecule has 1 spiro atoms. The van der Waals surface area contributed by atoms with Crippen molar-refractivity contribution in [3.63, 3.8) is 0 Å². The summed E-state index contributed by atoms with van der Waals surface area (Å²) in [6.45, 7) is 2.13. The molecular formula is C17H25NO. The minimum Gasteiger partial charge on any atom is -0.496 e. The molecule has 19 heavy (non-hydrogen) atoms. The van der Waals surface area contributed by atoms with Gasteiger partial charge in [-0.15, -0.1) is 0 Å². The fourth-order valence-electron chi connectivity index (χ4n) is 4.34. The van der Waals surface area contributed by atoms with Gasteiger partial charge in [0.2, 0.25) is 0 Å². The number of methoxy groups -OCH3 is 1. The average Bonchev–Trinajstić information content (AvgIpc) is 2.38. The van der Waals surface area contributed by atoms with E-state index < -0.39 is 0 Å². The molecule has 1 aromatic carbocycles. The lowest BCUT2D eigenvalue weighted by Gasteiger charge is -2.57. The maximum absolute atomic E-state index is 6.69. The summed E-state index contributed by atoms with van der Waals surface area (Å²) in [7, 11) is 1.74. The Labute approximate surface area is 116 Å². The molecule has 0 heterocycles. The zero-order valence-electron chi connectivity index (χ0n) is 12.2. The average molecular weight is 259 g/mol. The highest BCUT2D eigenvalue weighted by molar-refractivity contribution is 5.44. The standard InChI is InChI=1S/C17H25NO/c1-13-6-7-15(19-2)14(10-13)17(18)11-16(12-17)8-4-3-5-9-16/h6-7,10H,3-5,8-9,11-12,18H2,1-2H3. The molecule has 3 rings (SSSR count). The normalized spacial score (nSPS) is 23.9. The monoisotopic (exact) mass is 259 g/mol. The number of benzene rings is 1. The Hall–Kier alpha value is -1.02. The van der Waals surface area contributed by atoms with Crippen LogP contribution in [0.4, 0.5) is 0 Å². The van der Waals surface area contributed by atoms with Crippen LogP contribution >= 0.6 is 0 Å². The van der Waals surface area contributed by atoms with Crippen LogP contribution in [0.2, 0.25) is 0 Å². The first-order chi connectivity index (χ1) is 9.07. The van der Waals surface area contributed by atoms with Crippen LogP contribution in [0.3, 0.4) is 0 Å². The summed E-state index contributed by atoms with van der Waals surface area (Å²) in [4.78, 5) is 0. The summed E-state index contributed by atoms with van der Waals surface area (Å²) in [5.41, 5.74) is 9.56. The van der Waals surface area contributed by atoms with E-state index in [1.165, 1.54) is 43.2 Å². The van der Waals surface area contributed by atoms with E-state index in [1.807, 2.05) is 0 Å². The topological polar surface area (TPSA) is 35.2 Å². The van der Waals surface area contributed by atoms with Crippen LogP contribution in [0.1, 0.15) is 56.1 Å². The number of hydrogen-bond acceptors (Lipinski definition) is 2. The van der Waals surface area contributed by atoms with E-state index in [4.69, 9.17) is 10.5 Å². The SMILES string of the molecule is COc1ccc(C)cc1C1(N)CC2(CCCCC2)C1. The van der Waals surface area contributed by atoms with Crippen molar-refractivity contribution in [1.82, 2.24) is 0 Å². The second kappa shape index (κ2) is 4.52. The molecule has 104 valence electrons. The van der Waals surface area contributed by atoms with Gasteiger partial charge in [-0.2, -0.15) is 0 Å². The maximum Gasteiger partial charge on any atom is 0.123 e. The fourth-order valence-corrected chi connectivity index (χ4v) is 4.34. The van der Waals surface area contributed by atoms with E-state index in [1.54, 1.807) is 7.11 Å². The first-order valence-corrected chi connectivity index (χ1v) is 7.51. The van der Waals surface area contributed by atoms with E-state index in [0.29, 0.717) is 5.41 Å². The molecule has 0 radical (unpaired) electrons. The van der Waals surface area contributed by atoms with Gasteiger partial charge in [0.15, 0.2) is 0 Å². The van der Waals surface area contributed by atoms with Gasteiger partial charge in [-0.05, 0) is 44.1 Å². The third-order valence-electron chi connectivity index (χ3n) is 5.19. The van der Waals surface area contributed by atoms with Gasteiger partial charge in [0, 0.05) is 11.1 Å². The van der Waals surface area contributed by atoms with Crippen LogP contribution in [0.5, 0.6) is 5.75 Å². The van der Waals surface area contributed by atoms with Gasteiger partial charge in [-0.3, -0.25) is 0 Å². The van der Waals surface area contributed by atoms with Crippen LogP contribution in [-0.2, 0) is 5.54 Å². The summed E-state index contributed by atoms with van der Waals surface area (Å²) in [6.07, 6.45) is 9.22. The Bertz CT molecular complexity index is 466. The second-order valence-corrected chi connectivity index (χ2v) is 6.77. The van der Waals surface area contributed by atoms with Crippen molar-refractivity contribution in [2.24, 2.45) is 11.1 Å². The van der Waals surface area contributed by atoms with Crippen LogP contribution in [0, 0.1) is 12.3 Å². The van der Waals surface area contributed by atoms with Crippen molar-refractivity contribution in [3.8, 4) is 5.75 Å². The maximum atomic E-state index is 6.69. The highest BCUT2D eigenvalue weighted by Gasteiger charge is 2.53. The molecular weight excluding hydrogens is 234 g/mol. The Balaban J connectivity index is 1.85. The molecule has 0 aliphatic heterocycles. The third-order valence-corrected chi connectivity index (χ3v) is 5.19. The molecule has 0 bridgehead atoms. The zero-order chi connectivity index (χ0) is 13.5. The zero-order valence-corrected chi connectivity index (χ0v) is 12.2. The number of nitrogens with two attached hydrogens (primary N) is 1. The lowest BCUT2D eigenvalue weighted by Crippen LogP contribution is -2.56. The van der Waals surface area contributed by atoms with Crippen molar-refractivity contribution in [2.45, 2.75) is 57.4 Å². The Morgan fingerprint density at radius 2 is 1.79 bits per heavy atom.